The number of carbonyl (C=O) groups is 2. The number of aliphatic hydroxyl groups is 1. The number of Topliss-reactive ketones (excluding diaryl/α,β-unsaturated/α-hetero) is 1. The molecule has 112 valence electrons. The number of carbonyl (C=O) groups excluding carboxylic acids is 2. The van der Waals surface area contributed by atoms with E-state index in [1.807, 2.05) is 12.1 Å². The van der Waals surface area contributed by atoms with Crippen LogP contribution in [0.25, 0.3) is 0 Å². The van der Waals surface area contributed by atoms with Crippen LogP contribution in [0.5, 0.6) is 0 Å². The second kappa shape index (κ2) is 5.85. The van der Waals surface area contributed by atoms with E-state index in [0.29, 0.717) is 18.7 Å². The van der Waals surface area contributed by atoms with Gasteiger partial charge in [0.1, 0.15) is 0 Å². The quantitative estimate of drug-likeness (QED) is 0.892. The van der Waals surface area contributed by atoms with Crippen LogP contribution >= 0.6 is 0 Å². The molecule has 0 radical (unpaired) electrons. The van der Waals surface area contributed by atoms with Gasteiger partial charge in [-0.25, -0.2) is 4.79 Å². The first kappa shape index (κ1) is 14.1. The summed E-state index contributed by atoms with van der Waals surface area (Å²) in [6, 6.07) is 5.60. The number of nitrogens with one attached hydrogen (secondary N) is 1. The van der Waals surface area contributed by atoms with Crippen LogP contribution in [0.1, 0.15) is 41.6 Å². The lowest BCUT2D eigenvalue weighted by Gasteiger charge is -2.22. The summed E-state index contributed by atoms with van der Waals surface area (Å²) in [7, 11) is 0. The number of aliphatic hydroxyl groups excluding tert-OH is 1. The largest absolute Gasteiger partial charge is 0.395 e. The molecule has 1 fully saturated rings. The summed E-state index contributed by atoms with van der Waals surface area (Å²) < 4.78 is 0. The van der Waals surface area contributed by atoms with Crippen molar-refractivity contribution < 1.29 is 14.7 Å². The van der Waals surface area contributed by atoms with E-state index in [0.717, 1.165) is 36.8 Å². The van der Waals surface area contributed by atoms with Crippen LogP contribution < -0.4 is 5.32 Å². The van der Waals surface area contributed by atoms with Gasteiger partial charge < -0.3 is 15.3 Å². The molecule has 5 heteroatoms. The number of fused-ring (bicyclic) bond motifs is 1. The van der Waals surface area contributed by atoms with Gasteiger partial charge in [-0.2, -0.15) is 0 Å². The highest BCUT2D eigenvalue weighted by Crippen LogP contribution is 2.28. The van der Waals surface area contributed by atoms with Crippen LogP contribution in [-0.4, -0.2) is 41.0 Å². The molecule has 0 saturated heterocycles. The van der Waals surface area contributed by atoms with Crippen molar-refractivity contribution in [1.82, 2.24) is 4.90 Å². The SMILES string of the molecule is O=C1CCCc2ccc(NC(=O)N(CCO)C3CC3)cc21. The third-order valence-corrected chi connectivity index (χ3v) is 4.10. The van der Waals surface area contributed by atoms with Crippen molar-refractivity contribution >= 4 is 17.5 Å². The van der Waals surface area contributed by atoms with Crippen molar-refractivity contribution in [3.63, 3.8) is 0 Å². The van der Waals surface area contributed by atoms with Gasteiger partial charge in [0.15, 0.2) is 5.78 Å². The van der Waals surface area contributed by atoms with Gasteiger partial charge in [0.25, 0.3) is 0 Å². The highest BCUT2D eigenvalue weighted by molar-refractivity contribution is 6.00. The number of aryl methyl sites for hydroxylation is 1. The zero-order chi connectivity index (χ0) is 14.8. The maximum absolute atomic E-state index is 12.3. The summed E-state index contributed by atoms with van der Waals surface area (Å²) in [5.74, 6) is 0.154. The van der Waals surface area contributed by atoms with Crippen molar-refractivity contribution in [2.45, 2.75) is 38.1 Å². The Morgan fingerprint density at radius 2 is 2.14 bits per heavy atom. The van der Waals surface area contributed by atoms with Crippen LogP contribution in [0, 0.1) is 0 Å². The molecule has 2 aliphatic carbocycles. The van der Waals surface area contributed by atoms with Gasteiger partial charge in [-0.05, 0) is 43.4 Å². The highest BCUT2D eigenvalue weighted by atomic mass is 16.3. The van der Waals surface area contributed by atoms with E-state index in [9.17, 15) is 9.59 Å². The molecule has 0 spiro atoms. The Labute approximate surface area is 123 Å². The minimum absolute atomic E-state index is 0.0351. The molecule has 0 atom stereocenters. The number of ketones is 1. The molecule has 2 N–H and O–H groups in total. The van der Waals surface area contributed by atoms with Gasteiger partial charge in [-0.15, -0.1) is 0 Å². The molecule has 0 heterocycles. The van der Waals surface area contributed by atoms with Crippen molar-refractivity contribution in [3.05, 3.63) is 29.3 Å². The van der Waals surface area contributed by atoms with Crippen LogP contribution in [0.2, 0.25) is 0 Å². The highest BCUT2D eigenvalue weighted by Gasteiger charge is 2.32. The lowest BCUT2D eigenvalue weighted by atomic mass is 9.90. The molecule has 1 saturated carbocycles. The Bertz CT molecular complexity index is 567. The van der Waals surface area contributed by atoms with Crippen LogP contribution in [-0.2, 0) is 6.42 Å². The van der Waals surface area contributed by atoms with Gasteiger partial charge in [-0.3, -0.25) is 4.79 Å². The first-order valence-corrected chi connectivity index (χ1v) is 7.53. The van der Waals surface area contributed by atoms with E-state index >= 15 is 0 Å². The van der Waals surface area contributed by atoms with E-state index in [2.05, 4.69) is 5.32 Å². The van der Waals surface area contributed by atoms with E-state index in [1.165, 1.54) is 0 Å². The molecule has 5 nitrogen and oxygen atoms in total. The third kappa shape index (κ3) is 3.08. The van der Waals surface area contributed by atoms with Crippen LogP contribution in [0.3, 0.4) is 0 Å². The second-order valence-corrected chi connectivity index (χ2v) is 5.73. The van der Waals surface area contributed by atoms with Crippen molar-refractivity contribution in [2.75, 3.05) is 18.5 Å². The minimum Gasteiger partial charge on any atom is -0.395 e. The normalized spacial score (nSPS) is 17.3. The minimum atomic E-state index is -0.199. The molecular formula is C16H20N2O3. The van der Waals surface area contributed by atoms with E-state index < -0.39 is 0 Å². The van der Waals surface area contributed by atoms with E-state index in [4.69, 9.17) is 5.11 Å². The molecule has 0 aliphatic heterocycles. The number of amides is 2. The lowest BCUT2D eigenvalue weighted by molar-refractivity contribution is 0.0972. The summed E-state index contributed by atoms with van der Waals surface area (Å²) >= 11 is 0. The fourth-order valence-corrected chi connectivity index (χ4v) is 2.85. The standard InChI is InChI=1S/C16H20N2O3/c19-9-8-18(13-6-7-13)16(21)17-12-5-4-11-2-1-3-15(20)14(11)10-12/h4-5,10,13,19H,1-3,6-9H2,(H,17,21). The Balaban J connectivity index is 1.73. The molecule has 3 rings (SSSR count). The first-order chi connectivity index (χ1) is 10.2. The number of hydrogen-bond donors (Lipinski definition) is 2. The Morgan fingerprint density at radius 3 is 2.86 bits per heavy atom. The van der Waals surface area contributed by atoms with Gasteiger partial charge >= 0.3 is 6.03 Å². The summed E-state index contributed by atoms with van der Waals surface area (Å²) in [5, 5.41) is 11.9. The molecule has 1 aromatic carbocycles. The number of anilines is 1. The summed E-state index contributed by atoms with van der Waals surface area (Å²) in [4.78, 5) is 25.8. The number of nitrogens with zero attached hydrogens (tertiary/aromatic N) is 1. The predicted molar refractivity (Wildman–Crippen MR) is 79.5 cm³/mol. The Morgan fingerprint density at radius 1 is 1.33 bits per heavy atom. The fourth-order valence-electron chi connectivity index (χ4n) is 2.85. The van der Waals surface area contributed by atoms with Gasteiger partial charge in [0.2, 0.25) is 0 Å². The van der Waals surface area contributed by atoms with Crippen LogP contribution in [0.4, 0.5) is 10.5 Å². The molecule has 0 unspecified atom stereocenters. The Hall–Kier alpha value is -1.88. The van der Waals surface area contributed by atoms with E-state index in [1.54, 1.807) is 11.0 Å². The van der Waals surface area contributed by atoms with Gasteiger partial charge in [0, 0.05) is 30.3 Å². The molecular weight excluding hydrogens is 268 g/mol. The second-order valence-electron chi connectivity index (χ2n) is 5.73. The summed E-state index contributed by atoms with van der Waals surface area (Å²) in [6.45, 7) is 0.312. The monoisotopic (exact) mass is 288 g/mol. The molecule has 2 amide bonds. The number of benzene rings is 1. The summed E-state index contributed by atoms with van der Waals surface area (Å²) in [6.07, 6.45) is 4.41. The summed E-state index contributed by atoms with van der Waals surface area (Å²) in [5.41, 5.74) is 2.45. The smallest absolute Gasteiger partial charge is 0.322 e. The number of hydrogen-bond acceptors (Lipinski definition) is 3. The maximum Gasteiger partial charge on any atom is 0.322 e. The van der Waals surface area contributed by atoms with Crippen LogP contribution in [0.15, 0.2) is 18.2 Å². The average Bonchev–Trinajstić information content (AvgIpc) is 3.30. The first-order valence-electron chi connectivity index (χ1n) is 7.53. The Kier molecular flexibility index (Phi) is 3.92. The number of rotatable bonds is 4. The molecule has 21 heavy (non-hydrogen) atoms. The zero-order valence-corrected chi connectivity index (χ0v) is 12.0. The molecule has 0 bridgehead atoms. The van der Waals surface area contributed by atoms with Crippen molar-refractivity contribution in [3.8, 4) is 0 Å². The maximum atomic E-state index is 12.3. The topological polar surface area (TPSA) is 69.6 Å². The van der Waals surface area contributed by atoms with Gasteiger partial charge in [0.05, 0.1) is 6.61 Å². The molecule has 0 aromatic heterocycles. The molecule has 2 aliphatic rings. The van der Waals surface area contributed by atoms with Crippen molar-refractivity contribution in [2.24, 2.45) is 0 Å². The predicted octanol–water partition coefficient (Wildman–Crippen LogP) is 2.19. The van der Waals surface area contributed by atoms with Gasteiger partial charge in [-0.1, -0.05) is 6.07 Å². The van der Waals surface area contributed by atoms with E-state index in [-0.39, 0.29) is 24.5 Å². The lowest BCUT2D eigenvalue weighted by Crippen LogP contribution is -2.38. The molecule has 1 aromatic rings. The third-order valence-electron chi connectivity index (χ3n) is 4.10. The fraction of sp³-hybridized carbons (Fsp3) is 0.500. The van der Waals surface area contributed by atoms with Crippen molar-refractivity contribution in [1.29, 1.82) is 0 Å². The average molecular weight is 288 g/mol. The number of urea groups is 1. The zero-order valence-electron chi connectivity index (χ0n) is 12.0.